The Bertz CT molecular complexity index is 886. The molecule has 0 unspecified atom stereocenters. The normalized spacial score (nSPS) is 14.3. The highest BCUT2D eigenvalue weighted by Crippen LogP contribution is 2.27. The minimum absolute atomic E-state index is 0.627. The topological polar surface area (TPSA) is 66.8 Å². The molecule has 6 nitrogen and oxygen atoms in total. The van der Waals surface area contributed by atoms with Gasteiger partial charge in [-0.3, -0.25) is 0 Å². The Kier molecular flexibility index (Phi) is 3.72. The number of nitrogens with one attached hydrogen (secondary N) is 1. The van der Waals surface area contributed by atoms with E-state index < -0.39 is 0 Å². The summed E-state index contributed by atoms with van der Waals surface area (Å²) in [4.78, 5) is 20.3. The number of fused-ring (bicyclic) bond motifs is 1. The van der Waals surface area contributed by atoms with Crippen LogP contribution in [0.4, 0.5) is 17.5 Å². The van der Waals surface area contributed by atoms with Crippen molar-refractivity contribution >= 4 is 28.6 Å². The van der Waals surface area contributed by atoms with Crippen molar-refractivity contribution in [1.82, 2.24) is 19.9 Å². The molecule has 0 aliphatic carbocycles. The third-order valence-electron chi connectivity index (χ3n) is 4.34. The van der Waals surface area contributed by atoms with E-state index in [1.165, 1.54) is 24.0 Å². The number of aromatic nitrogens is 4. The molecule has 0 spiro atoms. The summed E-state index contributed by atoms with van der Waals surface area (Å²) in [6.45, 7) is 6.17. The molecule has 1 saturated heterocycles. The van der Waals surface area contributed by atoms with Gasteiger partial charge in [-0.1, -0.05) is 17.7 Å². The molecule has 0 amide bonds. The van der Waals surface area contributed by atoms with E-state index in [0.29, 0.717) is 17.0 Å². The Morgan fingerprint density at radius 3 is 2.58 bits per heavy atom. The van der Waals surface area contributed by atoms with Crippen molar-refractivity contribution in [3.05, 3.63) is 41.7 Å². The van der Waals surface area contributed by atoms with Crippen LogP contribution in [0.3, 0.4) is 0 Å². The maximum Gasteiger partial charge on any atom is 0.229 e. The highest BCUT2D eigenvalue weighted by atomic mass is 15.3. The van der Waals surface area contributed by atoms with Crippen LogP contribution in [0.15, 0.2) is 30.6 Å². The second-order valence-electron chi connectivity index (χ2n) is 6.24. The minimum atomic E-state index is 0.627. The maximum absolute atomic E-state index is 4.74. The van der Waals surface area contributed by atoms with Gasteiger partial charge in [-0.05, 0) is 38.3 Å². The molecule has 3 aromatic rings. The van der Waals surface area contributed by atoms with Crippen molar-refractivity contribution in [2.24, 2.45) is 0 Å². The third-order valence-corrected chi connectivity index (χ3v) is 4.34. The van der Waals surface area contributed by atoms with Crippen LogP contribution < -0.4 is 10.2 Å². The number of aryl methyl sites for hydroxylation is 2. The second kappa shape index (κ2) is 6.03. The molecular formula is C18H20N6. The highest BCUT2D eigenvalue weighted by Gasteiger charge is 2.18. The summed E-state index contributed by atoms with van der Waals surface area (Å²) in [5.74, 6) is 1.44. The van der Waals surface area contributed by atoms with Crippen LogP contribution in [0, 0.1) is 13.8 Å². The van der Waals surface area contributed by atoms with Crippen molar-refractivity contribution in [3.8, 4) is 0 Å². The van der Waals surface area contributed by atoms with Gasteiger partial charge in [0.15, 0.2) is 17.0 Å². The van der Waals surface area contributed by atoms with E-state index in [0.717, 1.165) is 24.7 Å². The average molecular weight is 320 g/mol. The van der Waals surface area contributed by atoms with Gasteiger partial charge < -0.3 is 10.2 Å². The molecule has 1 aliphatic rings. The zero-order valence-electron chi connectivity index (χ0n) is 14.0. The number of nitrogens with zero attached hydrogens (tertiary/aromatic N) is 5. The Hall–Kier alpha value is -2.76. The van der Waals surface area contributed by atoms with E-state index in [2.05, 4.69) is 57.2 Å². The number of hydrogen-bond donors (Lipinski definition) is 1. The molecule has 6 heteroatoms. The fourth-order valence-electron chi connectivity index (χ4n) is 3.08. The molecular weight excluding hydrogens is 300 g/mol. The molecule has 1 N–H and O–H groups in total. The van der Waals surface area contributed by atoms with Crippen LogP contribution >= 0.6 is 0 Å². The van der Waals surface area contributed by atoms with E-state index in [-0.39, 0.29) is 0 Å². The predicted molar refractivity (Wildman–Crippen MR) is 95.8 cm³/mol. The molecule has 0 atom stereocenters. The van der Waals surface area contributed by atoms with E-state index in [1.807, 2.05) is 0 Å². The molecule has 3 heterocycles. The Morgan fingerprint density at radius 1 is 1.00 bits per heavy atom. The zero-order valence-corrected chi connectivity index (χ0v) is 14.0. The van der Waals surface area contributed by atoms with E-state index in [4.69, 9.17) is 4.98 Å². The smallest absolute Gasteiger partial charge is 0.229 e. The molecule has 0 bridgehead atoms. The first kappa shape index (κ1) is 14.8. The fraction of sp³-hybridized carbons (Fsp3) is 0.333. The molecule has 0 radical (unpaired) electrons. The molecule has 2 aromatic heterocycles. The van der Waals surface area contributed by atoms with Crippen LogP contribution in [0.1, 0.15) is 24.0 Å². The first-order valence-electron chi connectivity index (χ1n) is 8.29. The highest BCUT2D eigenvalue weighted by molar-refractivity contribution is 5.86. The van der Waals surface area contributed by atoms with Gasteiger partial charge in [-0.2, -0.15) is 9.97 Å². The van der Waals surface area contributed by atoms with Gasteiger partial charge in [-0.15, -0.1) is 0 Å². The maximum atomic E-state index is 4.74. The van der Waals surface area contributed by atoms with Gasteiger partial charge >= 0.3 is 0 Å². The second-order valence-corrected chi connectivity index (χ2v) is 6.24. The summed E-state index contributed by atoms with van der Waals surface area (Å²) in [6, 6.07) is 6.31. The SMILES string of the molecule is Cc1ccc(Nc2nc(N3CCCC3)nc3nccnc23)c(C)c1. The van der Waals surface area contributed by atoms with Crippen LogP contribution in [0.2, 0.25) is 0 Å². The summed E-state index contributed by atoms with van der Waals surface area (Å²) in [6.07, 6.45) is 5.71. The zero-order chi connectivity index (χ0) is 16.5. The molecule has 24 heavy (non-hydrogen) atoms. The fourth-order valence-corrected chi connectivity index (χ4v) is 3.08. The molecule has 1 aliphatic heterocycles. The third kappa shape index (κ3) is 2.75. The summed E-state index contributed by atoms with van der Waals surface area (Å²) in [5, 5.41) is 3.43. The monoisotopic (exact) mass is 320 g/mol. The van der Waals surface area contributed by atoms with Crippen molar-refractivity contribution in [2.45, 2.75) is 26.7 Å². The number of hydrogen-bond acceptors (Lipinski definition) is 6. The average Bonchev–Trinajstić information content (AvgIpc) is 3.12. The van der Waals surface area contributed by atoms with Gasteiger partial charge in [0.1, 0.15) is 0 Å². The number of anilines is 3. The van der Waals surface area contributed by atoms with Crippen molar-refractivity contribution in [2.75, 3.05) is 23.3 Å². The molecule has 122 valence electrons. The molecule has 1 fully saturated rings. The van der Waals surface area contributed by atoms with Gasteiger partial charge in [0.2, 0.25) is 5.95 Å². The predicted octanol–water partition coefficient (Wildman–Crippen LogP) is 3.38. The summed E-state index contributed by atoms with van der Waals surface area (Å²) < 4.78 is 0. The summed E-state index contributed by atoms with van der Waals surface area (Å²) in [7, 11) is 0. The standard InChI is InChI=1S/C18H20N6/c1-12-5-6-14(13(2)11-12)21-17-15-16(20-8-7-19-15)22-18(23-17)24-9-3-4-10-24/h5-8,11H,3-4,9-10H2,1-2H3,(H,20,21,22,23). The van der Waals surface area contributed by atoms with Crippen molar-refractivity contribution in [3.63, 3.8) is 0 Å². The van der Waals surface area contributed by atoms with Crippen LogP contribution in [-0.2, 0) is 0 Å². The lowest BCUT2D eigenvalue weighted by Gasteiger charge is -2.17. The quantitative estimate of drug-likeness (QED) is 0.798. The van der Waals surface area contributed by atoms with Gasteiger partial charge in [0.25, 0.3) is 0 Å². The Labute approximate surface area is 141 Å². The largest absolute Gasteiger partial charge is 0.341 e. The first-order valence-corrected chi connectivity index (χ1v) is 8.29. The molecule has 1 aromatic carbocycles. The first-order chi connectivity index (χ1) is 11.7. The van der Waals surface area contributed by atoms with Crippen molar-refractivity contribution < 1.29 is 0 Å². The van der Waals surface area contributed by atoms with Crippen LogP contribution in [0.5, 0.6) is 0 Å². The Morgan fingerprint density at radius 2 is 1.79 bits per heavy atom. The lowest BCUT2D eigenvalue weighted by atomic mass is 10.1. The lowest BCUT2D eigenvalue weighted by molar-refractivity contribution is 0.904. The lowest BCUT2D eigenvalue weighted by Crippen LogP contribution is -2.21. The Balaban J connectivity index is 1.80. The summed E-state index contributed by atoms with van der Waals surface area (Å²) >= 11 is 0. The number of rotatable bonds is 3. The summed E-state index contributed by atoms with van der Waals surface area (Å²) in [5.41, 5.74) is 4.76. The van der Waals surface area contributed by atoms with Crippen LogP contribution in [0.25, 0.3) is 11.2 Å². The van der Waals surface area contributed by atoms with E-state index >= 15 is 0 Å². The van der Waals surface area contributed by atoms with E-state index in [9.17, 15) is 0 Å². The van der Waals surface area contributed by atoms with Gasteiger partial charge in [0.05, 0.1) is 0 Å². The number of benzene rings is 1. The molecule has 4 rings (SSSR count). The van der Waals surface area contributed by atoms with E-state index in [1.54, 1.807) is 12.4 Å². The van der Waals surface area contributed by atoms with Crippen LogP contribution in [-0.4, -0.2) is 33.0 Å². The molecule has 0 saturated carbocycles. The van der Waals surface area contributed by atoms with Gasteiger partial charge in [0, 0.05) is 31.2 Å². The van der Waals surface area contributed by atoms with Gasteiger partial charge in [-0.25, -0.2) is 9.97 Å². The van der Waals surface area contributed by atoms with Crippen molar-refractivity contribution in [1.29, 1.82) is 0 Å². The minimum Gasteiger partial charge on any atom is -0.341 e.